The Morgan fingerprint density at radius 3 is 2.46 bits per heavy atom. The fraction of sp³-hybridized carbons (Fsp3) is 0.364. The summed E-state index contributed by atoms with van der Waals surface area (Å²) < 4.78 is 2.58. The Hall–Kier alpha value is -2.06. The van der Waals surface area contributed by atoms with Crippen molar-refractivity contribution in [3.63, 3.8) is 0 Å². The molecule has 1 aromatic heterocycles. The van der Waals surface area contributed by atoms with Gasteiger partial charge >= 0.3 is 0 Å². The van der Waals surface area contributed by atoms with Crippen molar-refractivity contribution in [2.45, 2.75) is 45.3 Å². The molecule has 0 fully saturated rings. The fourth-order valence-corrected chi connectivity index (χ4v) is 4.22. The van der Waals surface area contributed by atoms with Crippen LogP contribution in [0.2, 0.25) is 0 Å². The van der Waals surface area contributed by atoms with Crippen LogP contribution in [-0.2, 0) is 19.4 Å². The van der Waals surface area contributed by atoms with E-state index in [1.165, 1.54) is 16.5 Å². The van der Waals surface area contributed by atoms with E-state index in [4.69, 9.17) is 0 Å². The van der Waals surface area contributed by atoms with Crippen molar-refractivity contribution in [1.82, 2.24) is 9.47 Å². The van der Waals surface area contributed by atoms with Crippen LogP contribution >= 0.6 is 0 Å². The summed E-state index contributed by atoms with van der Waals surface area (Å²) in [6, 6.07) is 20.8. The summed E-state index contributed by atoms with van der Waals surface area (Å²) in [5.74, 6) is 0. The molecule has 0 radical (unpaired) electrons. The molecule has 2 nitrogen and oxygen atoms in total. The summed E-state index contributed by atoms with van der Waals surface area (Å²) in [4.78, 5) is 2.51. The molecular weight excluding hydrogens is 292 g/mol. The molecule has 0 aliphatic carbocycles. The Morgan fingerprint density at radius 1 is 0.958 bits per heavy atom. The Bertz CT molecular complexity index is 847. The number of aryl methyl sites for hydroxylation is 2. The third-order valence-corrected chi connectivity index (χ3v) is 5.80. The van der Waals surface area contributed by atoms with Gasteiger partial charge in [-0.15, -0.1) is 0 Å². The molecule has 2 aromatic carbocycles. The van der Waals surface area contributed by atoms with Gasteiger partial charge in [-0.1, -0.05) is 48.5 Å². The normalized spacial score (nSPS) is 21.1. The lowest BCUT2D eigenvalue weighted by Crippen LogP contribution is -2.38. The number of fused-ring (bicyclic) bond motifs is 3. The van der Waals surface area contributed by atoms with E-state index in [1.807, 2.05) is 0 Å². The first-order valence-corrected chi connectivity index (χ1v) is 9.02. The molecule has 2 heterocycles. The molecule has 1 aliphatic rings. The average Bonchev–Trinajstić information content (AvgIpc) is 2.92. The minimum atomic E-state index is 0.478. The predicted molar refractivity (Wildman–Crippen MR) is 101 cm³/mol. The van der Waals surface area contributed by atoms with E-state index in [0.717, 1.165) is 19.4 Å². The predicted octanol–water partition coefficient (Wildman–Crippen LogP) is 4.82. The smallest absolute Gasteiger partial charge is 0.0486 e. The van der Waals surface area contributed by atoms with Gasteiger partial charge in [-0.3, -0.25) is 4.90 Å². The quantitative estimate of drug-likeness (QED) is 0.672. The van der Waals surface area contributed by atoms with Gasteiger partial charge < -0.3 is 4.57 Å². The number of hydrogen-bond acceptors (Lipinski definition) is 1. The van der Waals surface area contributed by atoms with Crippen LogP contribution in [0.15, 0.2) is 54.6 Å². The highest BCUT2D eigenvalue weighted by Gasteiger charge is 2.31. The van der Waals surface area contributed by atoms with Gasteiger partial charge in [0.2, 0.25) is 0 Å². The number of hydrogen-bond donors (Lipinski definition) is 0. The van der Waals surface area contributed by atoms with Gasteiger partial charge in [-0.25, -0.2) is 0 Å². The average molecular weight is 318 g/mol. The van der Waals surface area contributed by atoms with Gasteiger partial charge in [0, 0.05) is 41.6 Å². The summed E-state index contributed by atoms with van der Waals surface area (Å²) >= 11 is 0. The van der Waals surface area contributed by atoms with Crippen LogP contribution in [-0.4, -0.2) is 22.6 Å². The van der Waals surface area contributed by atoms with Crippen LogP contribution in [0.3, 0.4) is 0 Å². The molecule has 0 unspecified atom stereocenters. The topological polar surface area (TPSA) is 8.17 Å². The summed E-state index contributed by atoms with van der Waals surface area (Å²) in [6.45, 7) is 5.75. The van der Waals surface area contributed by atoms with Crippen molar-refractivity contribution < 1.29 is 0 Å². The molecule has 0 bridgehead atoms. The molecule has 4 rings (SSSR count). The SMILES string of the molecule is C[C@H]1Cc2c(c3ccccc3n2CCc2ccccc2)[C@H](C)N1C. The maximum atomic E-state index is 2.58. The fourth-order valence-electron chi connectivity index (χ4n) is 4.22. The first-order chi connectivity index (χ1) is 11.7. The van der Waals surface area contributed by atoms with Crippen molar-refractivity contribution in [1.29, 1.82) is 0 Å². The molecule has 24 heavy (non-hydrogen) atoms. The van der Waals surface area contributed by atoms with E-state index in [0.29, 0.717) is 12.1 Å². The van der Waals surface area contributed by atoms with E-state index >= 15 is 0 Å². The van der Waals surface area contributed by atoms with E-state index < -0.39 is 0 Å². The molecule has 2 atom stereocenters. The lowest BCUT2D eigenvalue weighted by atomic mass is 9.93. The van der Waals surface area contributed by atoms with Crippen molar-refractivity contribution in [3.05, 3.63) is 71.4 Å². The minimum Gasteiger partial charge on any atom is -0.344 e. The summed E-state index contributed by atoms with van der Waals surface area (Å²) in [6.07, 6.45) is 2.23. The number of para-hydroxylation sites is 1. The maximum Gasteiger partial charge on any atom is 0.0486 e. The summed E-state index contributed by atoms with van der Waals surface area (Å²) in [5.41, 5.74) is 5.90. The molecule has 124 valence electrons. The van der Waals surface area contributed by atoms with E-state index in [1.54, 1.807) is 11.3 Å². The van der Waals surface area contributed by atoms with Crippen LogP contribution in [0.25, 0.3) is 10.9 Å². The molecule has 0 N–H and O–H groups in total. The molecule has 0 spiro atoms. The number of aromatic nitrogens is 1. The van der Waals surface area contributed by atoms with Crippen LogP contribution in [0, 0.1) is 0 Å². The Morgan fingerprint density at radius 2 is 1.67 bits per heavy atom. The monoisotopic (exact) mass is 318 g/mol. The van der Waals surface area contributed by atoms with Gasteiger partial charge in [0.15, 0.2) is 0 Å². The molecule has 3 aromatic rings. The number of benzene rings is 2. The summed E-state index contributed by atoms with van der Waals surface area (Å²) in [7, 11) is 2.26. The van der Waals surface area contributed by atoms with Gasteiger partial charge in [-0.05, 0) is 44.5 Å². The van der Waals surface area contributed by atoms with Gasteiger partial charge in [0.05, 0.1) is 0 Å². The minimum absolute atomic E-state index is 0.478. The number of rotatable bonds is 3. The largest absolute Gasteiger partial charge is 0.344 e. The summed E-state index contributed by atoms with van der Waals surface area (Å²) in [5, 5.41) is 1.44. The first kappa shape index (κ1) is 15.5. The number of likely N-dealkylation sites (N-methyl/N-ethyl adjacent to an activating group) is 1. The molecule has 1 aliphatic heterocycles. The van der Waals surface area contributed by atoms with E-state index in [-0.39, 0.29) is 0 Å². The van der Waals surface area contributed by atoms with Crippen molar-refractivity contribution in [3.8, 4) is 0 Å². The van der Waals surface area contributed by atoms with Crippen LogP contribution in [0.4, 0.5) is 0 Å². The zero-order valence-electron chi connectivity index (χ0n) is 14.9. The Kier molecular flexibility index (Phi) is 3.93. The maximum absolute atomic E-state index is 2.58. The third-order valence-electron chi connectivity index (χ3n) is 5.80. The van der Waals surface area contributed by atoms with Gasteiger partial charge in [0.1, 0.15) is 0 Å². The second kappa shape index (κ2) is 6.10. The lowest BCUT2D eigenvalue weighted by molar-refractivity contribution is 0.177. The van der Waals surface area contributed by atoms with E-state index in [2.05, 4.69) is 85.0 Å². The Labute approximate surface area is 144 Å². The Balaban J connectivity index is 1.79. The third kappa shape index (κ3) is 2.46. The number of nitrogens with zero attached hydrogens (tertiary/aromatic N) is 2. The van der Waals surface area contributed by atoms with Crippen molar-refractivity contribution in [2.24, 2.45) is 0 Å². The lowest BCUT2D eigenvalue weighted by Gasteiger charge is -2.36. The van der Waals surface area contributed by atoms with Gasteiger partial charge in [-0.2, -0.15) is 0 Å². The first-order valence-electron chi connectivity index (χ1n) is 9.02. The highest BCUT2D eigenvalue weighted by atomic mass is 15.2. The van der Waals surface area contributed by atoms with Crippen molar-refractivity contribution >= 4 is 10.9 Å². The van der Waals surface area contributed by atoms with E-state index in [9.17, 15) is 0 Å². The van der Waals surface area contributed by atoms with Crippen molar-refractivity contribution in [2.75, 3.05) is 7.05 Å². The zero-order valence-corrected chi connectivity index (χ0v) is 14.9. The highest BCUT2D eigenvalue weighted by Crippen LogP contribution is 2.39. The van der Waals surface area contributed by atoms with Crippen LogP contribution < -0.4 is 0 Å². The standard InChI is InChI=1S/C22H26N2/c1-16-15-21-22(17(2)23(16)3)19-11-7-8-12-20(19)24(21)14-13-18-9-5-4-6-10-18/h4-12,16-17H,13-15H2,1-3H3/t16-,17-/m0/s1. The second-order valence-electron chi connectivity index (χ2n) is 7.16. The van der Waals surface area contributed by atoms with Crippen LogP contribution in [0.1, 0.15) is 36.7 Å². The molecule has 0 saturated carbocycles. The van der Waals surface area contributed by atoms with Crippen LogP contribution in [0.5, 0.6) is 0 Å². The molecule has 0 saturated heterocycles. The molecule has 0 amide bonds. The second-order valence-corrected chi connectivity index (χ2v) is 7.16. The molecule has 2 heteroatoms. The highest BCUT2D eigenvalue weighted by molar-refractivity contribution is 5.86. The zero-order chi connectivity index (χ0) is 16.7. The molecular formula is C22H26N2. The van der Waals surface area contributed by atoms with Gasteiger partial charge in [0.25, 0.3) is 0 Å².